The standard InChI is InChI=1S/C24H30N8O4S.CH2O3/c1-31-9-8-19(30-31)23-26-12-16(13-27-23)18-14-28-32-22(25)21(37(3,33)34)20(29-24(18)32)15-4-6-17(7-5-15)36-11-10-35-2;2-1(3)4/h8-9,12-15,17H,4-7,10-11,25H2,1-3H3;(H2,2,3,4). The Labute approximate surface area is 235 Å². The molecule has 1 aliphatic carbocycles. The monoisotopic (exact) mass is 588 g/mol. The molecule has 16 heteroatoms. The molecule has 4 aromatic rings. The van der Waals surface area contributed by atoms with Gasteiger partial charge in [-0.25, -0.2) is 28.2 Å². The molecule has 0 radical (unpaired) electrons. The van der Waals surface area contributed by atoms with Crippen molar-refractivity contribution in [3.8, 4) is 22.6 Å². The first-order valence-electron chi connectivity index (χ1n) is 12.7. The molecular weight excluding hydrogens is 556 g/mol. The van der Waals surface area contributed by atoms with Crippen LogP contribution in [-0.2, 0) is 26.4 Å². The molecule has 220 valence electrons. The van der Waals surface area contributed by atoms with Gasteiger partial charge in [0.1, 0.15) is 16.4 Å². The number of hydrogen-bond donors (Lipinski definition) is 3. The molecule has 0 unspecified atom stereocenters. The lowest BCUT2D eigenvalue weighted by atomic mass is 9.85. The van der Waals surface area contributed by atoms with Crippen molar-refractivity contribution in [2.45, 2.75) is 42.6 Å². The van der Waals surface area contributed by atoms with Crippen LogP contribution in [0.3, 0.4) is 0 Å². The Morgan fingerprint density at radius 1 is 1.12 bits per heavy atom. The van der Waals surface area contributed by atoms with Gasteiger partial charge in [-0.05, 0) is 31.7 Å². The first-order chi connectivity index (χ1) is 19.5. The van der Waals surface area contributed by atoms with Crippen molar-refractivity contribution in [1.29, 1.82) is 0 Å². The lowest BCUT2D eigenvalue weighted by Gasteiger charge is -2.29. The van der Waals surface area contributed by atoms with Crippen LogP contribution in [-0.4, -0.2) is 91.8 Å². The summed E-state index contributed by atoms with van der Waals surface area (Å²) in [6.07, 6.45) is 9.33. The molecule has 0 bridgehead atoms. The van der Waals surface area contributed by atoms with Crippen LogP contribution in [0.5, 0.6) is 0 Å². The largest absolute Gasteiger partial charge is 0.503 e. The minimum Gasteiger partial charge on any atom is -0.450 e. The third-order valence-corrected chi connectivity index (χ3v) is 7.80. The number of rotatable bonds is 8. The van der Waals surface area contributed by atoms with Gasteiger partial charge in [-0.2, -0.15) is 14.7 Å². The number of nitrogens with two attached hydrogens (primary N) is 1. The van der Waals surface area contributed by atoms with E-state index in [1.165, 1.54) is 4.52 Å². The van der Waals surface area contributed by atoms with Gasteiger partial charge in [0.25, 0.3) is 0 Å². The zero-order valence-corrected chi connectivity index (χ0v) is 23.7. The Kier molecular flexibility index (Phi) is 9.14. The summed E-state index contributed by atoms with van der Waals surface area (Å²) in [4.78, 5) is 22.4. The van der Waals surface area contributed by atoms with E-state index in [1.807, 2.05) is 19.3 Å². The predicted molar refractivity (Wildman–Crippen MR) is 147 cm³/mol. The highest BCUT2D eigenvalue weighted by Gasteiger charge is 2.32. The fourth-order valence-electron chi connectivity index (χ4n) is 4.81. The zero-order valence-electron chi connectivity index (χ0n) is 22.8. The number of aromatic nitrogens is 7. The third-order valence-electron chi connectivity index (χ3n) is 6.64. The van der Waals surface area contributed by atoms with Gasteiger partial charge < -0.3 is 25.4 Å². The van der Waals surface area contributed by atoms with Crippen LogP contribution in [0.2, 0.25) is 0 Å². The van der Waals surface area contributed by atoms with Crippen molar-refractivity contribution in [3.63, 3.8) is 0 Å². The number of ether oxygens (including phenoxy) is 2. The molecule has 1 saturated carbocycles. The van der Waals surface area contributed by atoms with Crippen molar-refractivity contribution in [1.82, 2.24) is 34.3 Å². The van der Waals surface area contributed by atoms with E-state index in [9.17, 15) is 8.42 Å². The van der Waals surface area contributed by atoms with Crippen LogP contribution >= 0.6 is 0 Å². The molecule has 0 aromatic carbocycles. The fourth-order valence-corrected chi connectivity index (χ4v) is 5.87. The summed E-state index contributed by atoms with van der Waals surface area (Å²) in [5.41, 5.74) is 9.38. The Morgan fingerprint density at radius 3 is 2.34 bits per heavy atom. The number of hydrogen-bond acceptors (Lipinski definition) is 11. The lowest BCUT2D eigenvalue weighted by molar-refractivity contribution is -0.00308. The quantitative estimate of drug-likeness (QED) is 0.253. The van der Waals surface area contributed by atoms with Crippen LogP contribution in [0, 0.1) is 0 Å². The number of carbonyl (C=O) groups is 1. The van der Waals surface area contributed by atoms with Crippen LogP contribution in [0.1, 0.15) is 37.3 Å². The van der Waals surface area contributed by atoms with Crippen molar-refractivity contribution in [2.24, 2.45) is 7.05 Å². The Bertz CT molecular complexity index is 1610. The number of fused-ring (bicyclic) bond motifs is 1. The highest BCUT2D eigenvalue weighted by Crippen LogP contribution is 2.39. The van der Waals surface area contributed by atoms with Crippen LogP contribution in [0.15, 0.2) is 35.7 Å². The Morgan fingerprint density at radius 2 is 1.78 bits per heavy atom. The van der Waals surface area contributed by atoms with E-state index < -0.39 is 16.0 Å². The van der Waals surface area contributed by atoms with Gasteiger partial charge in [0, 0.05) is 56.0 Å². The molecule has 1 fully saturated rings. The van der Waals surface area contributed by atoms with Crippen molar-refractivity contribution >= 4 is 27.5 Å². The van der Waals surface area contributed by atoms with Crippen LogP contribution < -0.4 is 5.73 Å². The molecule has 4 aromatic heterocycles. The molecule has 4 heterocycles. The molecule has 0 amide bonds. The van der Waals surface area contributed by atoms with Crippen LogP contribution in [0.4, 0.5) is 10.6 Å². The number of anilines is 1. The van der Waals surface area contributed by atoms with Gasteiger partial charge in [-0.3, -0.25) is 4.68 Å². The van der Waals surface area contributed by atoms with E-state index in [0.29, 0.717) is 47.2 Å². The van der Waals surface area contributed by atoms with Crippen molar-refractivity contribution in [2.75, 3.05) is 32.3 Å². The van der Waals surface area contributed by atoms with E-state index in [-0.39, 0.29) is 22.7 Å². The maximum absolute atomic E-state index is 12.8. The summed E-state index contributed by atoms with van der Waals surface area (Å²) >= 11 is 0. The van der Waals surface area contributed by atoms with E-state index >= 15 is 0 Å². The summed E-state index contributed by atoms with van der Waals surface area (Å²) in [7, 11) is -0.182. The van der Waals surface area contributed by atoms with E-state index in [1.54, 1.807) is 30.4 Å². The maximum atomic E-state index is 12.8. The molecule has 1 aliphatic rings. The number of methoxy groups -OCH3 is 1. The SMILES string of the molecule is COCCOC1CCC(c2nc3c(-c4cnc(-c5ccn(C)n5)nc4)cnn3c(N)c2S(C)(=O)=O)CC1.O=C(O)O. The van der Waals surface area contributed by atoms with Gasteiger partial charge in [-0.15, -0.1) is 0 Å². The second-order valence-electron chi connectivity index (χ2n) is 9.57. The smallest absolute Gasteiger partial charge is 0.450 e. The Balaban J connectivity index is 0.000000909. The van der Waals surface area contributed by atoms with Gasteiger partial charge in [-0.1, -0.05) is 0 Å². The minimum atomic E-state index is -3.66. The van der Waals surface area contributed by atoms with Gasteiger partial charge >= 0.3 is 6.16 Å². The van der Waals surface area contributed by atoms with E-state index in [0.717, 1.165) is 31.9 Å². The topological polar surface area (TPSA) is 210 Å². The number of aryl methyl sites for hydroxylation is 1. The Hall–Kier alpha value is -4.15. The number of nitrogens with zero attached hydrogens (tertiary/aromatic N) is 7. The first-order valence-corrected chi connectivity index (χ1v) is 14.6. The van der Waals surface area contributed by atoms with Gasteiger partial charge in [0.05, 0.1) is 31.2 Å². The number of nitrogen functional groups attached to an aromatic ring is 1. The second-order valence-corrected chi connectivity index (χ2v) is 11.5. The fraction of sp³-hybridized carbons (Fsp3) is 0.440. The normalized spacial score (nSPS) is 17.2. The first kappa shape index (κ1) is 29.8. The summed E-state index contributed by atoms with van der Waals surface area (Å²) in [5, 5.41) is 22.6. The highest BCUT2D eigenvalue weighted by molar-refractivity contribution is 7.91. The molecule has 0 saturated heterocycles. The molecule has 5 rings (SSSR count). The molecule has 0 spiro atoms. The van der Waals surface area contributed by atoms with Crippen molar-refractivity contribution < 1.29 is 32.9 Å². The molecule has 15 nitrogen and oxygen atoms in total. The average molecular weight is 589 g/mol. The zero-order chi connectivity index (χ0) is 29.7. The van der Waals surface area contributed by atoms with Gasteiger partial charge in [0.2, 0.25) is 0 Å². The maximum Gasteiger partial charge on any atom is 0.503 e. The number of sulfone groups is 1. The minimum absolute atomic E-state index is 0.0418. The molecule has 4 N–H and O–H groups in total. The summed E-state index contributed by atoms with van der Waals surface area (Å²) in [6.45, 7) is 1.08. The third kappa shape index (κ3) is 6.96. The number of carboxylic acid groups (broad SMARTS) is 2. The second kappa shape index (κ2) is 12.6. The molecule has 0 atom stereocenters. The molecule has 41 heavy (non-hydrogen) atoms. The summed E-state index contributed by atoms with van der Waals surface area (Å²) in [6, 6.07) is 1.84. The van der Waals surface area contributed by atoms with Gasteiger partial charge in [0.15, 0.2) is 21.3 Å². The summed E-state index contributed by atoms with van der Waals surface area (Å²) < 4.78 is 39.7. The predicted octanol–water partition coefficient (Wildman–Crippen LogP) is 2.48. The molecule has 0 aliphatic heterocycles. The highest BCUT2D eigenvalue weighted by atomic mass is 32.2. The lowest BCUT2D eigenvalue weighted by Crippen LogP contribution is -2.24. The van der Waals surface area contributed by atoms with Crippen LogP contribution in [0.25, 0.3) is 28.3 Å². The van der Waals surface area contributed by atoms with E-state index in [2.05, 4.69) is 20.2 Å². The average Bonchev–Trinajstić information content (AvgIpc) is 3.55. The van der Waals surface area contributed by atoms with Crippen molar-refractivity contribution in [3.05, 3.63) is 36.5 Å². The molecular formula is C25H32N8O7S. The van der Waals surface area contributed by atoms with E-state index in [4.69, 9.17) is 35.2 Å². The summed E-state index contributed by atoms with van der Waals surface area (Å²) in [5.74, 6) is 0.487.